The van der Waals surface area contributed by atoms with Gasteiger partial charge in [-0.3, -0.25) is 9.78 Å². The summed E-state index contributed by atoms with van der Waals surface area (Å²) in [6.45, 7) is 0. The van der Waals surface area contributed by atoms with Gasteiger partial charge in [0.05, 0.1) is 12.6 Å². The first kappa shape index (κ1) is 12.0. The summed E-state index contributed by atoms with van der Waals surface area (Å²) >= 11 is 0. The zero-order chi connectivity index (χ0) is 12.6. The SMILES string of the molecule is O=C(Cc1ccccc1)NN=Cc1ccncc1. The standard InChI is InChI=1S/C14H13N3O/c18-14(10-12-4-2-1-3-5-12)17-16-11-13-6-8-15-9-7-13/h1-9,11H,10H2,(H,17,18). The number of benzene rings is 1. The van der Waals surface area contributed by atoms with Crippen LogP contribution in [0.1, 0.15) is 11.1 Å². The molecule has 0 aliphatic rings. The number of carbonyl (C=O) groups is 1. The normalized spacial score (nSPS) is 10.4. The summed E-state index contributed by atoms with van der Waals surface area (Å²) < 4.78 is 0. The van der Waals surface area contributed by atoms with Gasteiger partial charge < -0.3 is 0 Å². The second-order valence-corrected chi connectivity index (χ2v) is 3.74. The summed E-state index contributed by atoms with van der Waals surface area (Å²) in [5.41, 5.74) is 4.35. The van der Waals surface area contributed by atoms with E-state index in [4.69, 9.17) is 0 Å². The summed E-state index contributed by atoms with van der Waals surface area (Å²) in [6, 6.07) is 13.2. The molecular formula is C14H13N3O. The lowest BCUT2D eigenvalue weighted by Gasteiger charge is -1.99. The van der Waals surface area contributed by atoms with Crippen LogP contribution in [0.25, 0.3) is 0 Å². The van der Waals surface area contributed by atoms with Gasteiger partial charge in [-0.2, -0.15) is 5.10 Å². The molecule has 0 atom stereocenters. The summed E-state index contributed by atoms with van der Waals surface area (Å²) in [5.74, 6) is -0.133. The molecule has 4 heteroatoms. The van der Waals surface area contributed by atoms with Crippen molar-refractivity contribution < 1.29 is 4.79 Å². The van der Waals surface area contributed by atoms with Crippen LogP contribution in [-0.2, 0) is 11.2 Å². The number of amides is 1. The van der Waals surface area contributed by atoms with E-state index in [2.05, 4.69) is 15.5 Å². The van der Waals surface area contributed by atoms with Crippen molar-refractivity contribution in [1.29, 1.82) is 0 Å². The van der Waals surface area contributed by atoms with Crippen LogP contribution >= 0.6 is 0 Å². The van der Waals surface area contributed by atoms with E-state index in [0.717, 1.165) is 11.1 Å². The lowest BCUT2D eigenvalue weighted by atomic mass is 10.1. The maximum absolute atomic E-state index is 11.6. The number of hydrogen-bond acceptors (Lipinski definition) is 3. The first-order chi connectivity index (χ1) is 8.84. The maximum atomic E-state index is 11.6. The lowest BCUT2D eigenvalue weighted by molar-refractivity contribution is -0.120. The van der Waals surface area contributed by atoms with Crippen molar-refractivity contribution in [2.75, 3.05) is 0 Å². The van der Waals surface area contributed by atoms with Gasteiger partial charge in [0.2, 0.25) is 5.91 Å². The Hall–Kier alpha value is -2.49. The van der Waals surface area contributed by atoms with Gasteiger partial charge >= 0.3 is 0 Å². The van der Waals surface area contributed by atoms with Gasteiger partial charge in [0.1, 0.15) is 0 Å². The van der Waals surface area contributed by atoms with E-state index in [0.29, 0.717) is 6.42 Å². The smallest absolute Gasteiger partial charge is 0.244 e. The highest BCUT2D eigenvalue weighted by molar-refractivity contribution is 5.83. The number of nitrogens with one attached hydrogen (secondary N) is 1. The Kier molecular flexibility index (Phi) is 4.19. The third-order valence-electron chi connectivity index (χ3n) is 2.32. The molecule has 2 aromatic rings. The van der Waals surface area contributed by atoms with Gasteiger partial charge in [0.25, 0.3) is 0 Å². The van der Waals surface area contributed by atoms with Crippen LogP contribution in [-0.4, -0.2) is 17.1 Å². The van der Waals surface area contributed by atoms with Crippen molar-refractivity contribution in [3.63, 3.8) is 0 Å². The molecule has 1 heterocycles. The lowest BCUT2D eigenvalue weighted by Crippen LogP contribution is -2.19. The number of aromatic nitrogens is 1. The second kappa shape index (κ2) is 6.30. The van der Waals surface area contributed by atoms with Gasteiger partial charge in [-0.05, 0) is 23.3 Å². The minimum Gasteiger partial charge on any atom is -0.273 e. The van der Waals surface area contributed by atoms with Gasteiger partial charge in [0.15, 0.2) is 0 Å². The van der Waals surface area contributed by atoms with Gasteiger partial charge in [-0.25, -0.2) is 5.43 Å². The fourth-order valence-corrected chi connectivity index (χ4v) is 1.45. The topological polar surface area (TPSA) is 54.4 Å². The molecule has 0 aliphatic heterocycles. The largest absolute Gasteiger partial charge is 0.273 e. The third kappa shape index (κ3) is 3.83. The molecule has 1 aromatic carbocycles. The maximum Gasteiger partial charge on any atom is 0.244 e. The van der Waals surface area contributed by atoms with E-state index in [1.165, 1.54) is 0 Å². The summed E-state index contributed by atoms with van der Waals surface area (Å²) in [6.07, 6.45) is 5.26. The van der Waals surface area contributed by atoms with Crippen molar-refractivity contribution in [3.05, 3.63) is 66.0 Å². The van der Waals surface area contributed by atoms with E-state index >= 15 is 0 Å². The van der Waals surface area contributed by atoms with Gasteiger partial charge in [-0.1, -0.05) is 30.3 Å². The Balaban J connectivity index is 1.84. The predicted octanol–water partition coefficient (Wildman–Crippen LogP) is 1.77. The first-order valence-corrected chi connectivity index (χ1v) is 5.60. The second-order valence-electron chi connectivity index (χ2n) is 3.74. The molecule has 1 amide bonds. The summed E-state index contributed by atoms with van der Waals surface area (Å²) in [7, 11) is 0. The number of carbonyl (C=O) groups excluding carboxylic acids is 1. The molecule has 0 fully saturated rings. The van der Waals surface area contributed by atoms with Crippen LogP contribution in [0.5, 0.6) is 0 Å². The quantitative estimate of drug-likeness (QED) is 0.653. The Bertz CT molecular complexity index is 523. The molecule has 0 unspecified atom stereocenters. The Morgan fingerprint density at radius 1 is 1.17 bits per heavy atom. The van der Waals surface area contributed by atoms with E-state index in [1.54, 1.807) is 18.6 Å². The highest BCUT2D eigenvalue weighted by Gasteiger charge is 2.00. The van der Waals surface area contributed by atoms with E-state index in [9.17, 15) is 4.79 Å². The first-order valence-electron chi connectivity index (χ1n) is 5.60. The zero-order valence-corrected chi connectivity index (χ0v) is 9.78. The Labute approximate surface area is 105 Å². The molecule has 2 rings (SSSR count). The molecule has 0 saturated carbocycles. The third-order valence-corrected chi connectivity index (χ3v) is 2.32. The van der Waals surface area contributed by atoms with Crippen LogP contribution in [0.3, 0.4) is 0 Å². The molecular weight excluding hydrogens is 226 g/mol. The van der Waals surface area contributed by atoms with E-state index in [-0.39, 0.29) is 5.91 Å². The molecule has 4 nitrogen and oxygen atoms in total. The minimum atomic E-state index is -0.133. The molecule has 1 N–H and O–H groups in total. The fraction of sp³-hybridized carbons (Fsp3) is 0.0714. The molecule has 0 bridgehead atoms. The van der Waals surface area contributed by atoms with Gasteiger partial charge in [0, 0.05) is 12.4 Å². The Morgan fingerprint density at radius 2 is 1.89 bits per heavy atom. The number of nitrogens with zero attached hydrogens (tertiary/aromatic N) is 2. The van der Waals surface area contributed by atoms with Crippen molar-refractivity contribution in [2.45, 2.75) is 6.42 Å². The Morgan fingerprint density at radius 3 is 2.61 bits per heavy atom. The van der Waals surface area contributed by atoms with Crippen LogP contribution in [0, 0.1) is 0 Å². The molecule has 0 aliphatic carbocycles. The average molecular weight is 239 g/mol. The molecule has 18 heavy (non-hydrogen) atoms. The number of hydrogen-bond donors (Lipinski definition) is 1. The highest BCUT2D eigenvalue weighted by atomic mass is 16.2. The van der Waals surface area contributed by atoms with Gasteiger partial charge in [-0.15, -0.1) is 0 Å². The summed E-state index contributed by atoms with van der Waals surface area (Å²) in [5, 5.41) is 3.89. The molecule has 0 saturated heterocycles. The average Bonchev–Trinajstić information content (AvgIpc) is 2.41. The van der Waals surface area contributed by atoms with Crippen LogP contribution < -0.4 is 5.43 Å². The van der Waals surface area contributed by atoms with Crippen molar-refractivity contribution >= 4 is 12.1 Å². The molecule has 0 spiro atoms. The monoisotopic (exact) mass is 239 g/mol. The summed E-state index contributed by atoms with van der Waals surface area (Å²) in [4.78, 5) is 15.5. The number of hydrazone groups is 1. The highest BCUT2D eigenvalue weighted by Crippen LogP contribution is 1.99. The molecule has 90 valence electrons. The fourth-order valence-electron chi connectivity index (χ4n) is 1.45. The van der Waals surface area contributed by atoms with Crippen LogP contribution in [0.4, 0.5) is 0 Å². The van der Waals surface area contributed by atoms with Crippen molar-refractivity contribution in [3.8, 4) is 0 Å². The van der Waals surface area contributed by atoms with Crippen molar-refractivity contribution in [2.24, 2.45) is 5.10 Å². The van der Waals surface area contributed by atoms with E-state index in [1.807, 2.05) is 42.5 Å². The number of rotatable bonds is 4. The predicted molar refractivity (Wildman–Crippen MR) is 70.1 cm³/mol. The van der Waals surface area contributed by atoms with Crippen LogP contribution in [0.2, 0.25) is 0 Å². The molecule has 1 aromatic heterocycles. The molecule has 0 radical (unpaired) electrons. The minimum absolute atomic E-state index is 0.133. The van der Waals surface area contributed by atoms with Crippen LogP contribution in [0.15, 0.2) is 60.0 Å². The zero-order valence-electron chi connectivity index (χ0n) is 9.78. The van der Waals surface area contributed by atoms with Crippen molar-refractivity contribution in [1.82, 2.24) is 10.4 Å². The number of pyridine rings is 1. The van der Waals surface area contributed by atoms with E-state index < -0.39 is 0 Å².